The molecule has 0 rings (SSSR count). The van der Waals surface area contributed by atoms with Gasteiger partial charge in [-0.05, 0) is 6.92 Å². The highest BCUT2D eigenvalue weighted by Gasteiger charge is 2.48. The van der Waals surface area contributed by atoms with Crippen LogP contribution in [0.1, 0.15) is 6.92 Å². The molecule has 10 nitrogen and oxygen atoms in total. The molecular weight excluding hydrogens is 417 g/mol. The van der Waals surface area contributed by atoms with E-state index in [4.69, 9.17) is 0 Å². The first-order valence-corrected chi connectivity index (χ1v) is 8.73. The van der Waals surface area contributed by atoms with Gasteiger partial charge >= 0.3 is 41.3 Å². The molecule has 0 heterocycles. The van der Waals surface area contributed by atoms with Crippen LogP contribution in [-0.2, 0) is 46.2 Å². The summed E-state index contributed by atoms with van der Waals surface area (Å²) in [5.74, 6) is 0. The highest BCUT2D eigenvalue weighted by Crippen LogP contribution is 2.53. The third kappa shape index (κ3) is 10.8. The quantitative estimate of drug-likeness (QED) is 0.421. The van der Waals surface area contributed by atoms with Crippen molar-refractivity contribution in [1.29, 1.82) is 0 Å². The van der Waals surface area contributed by atoms with Gasteiger partial charge in [0.1, 0.15) is 0 Å². The molecule has 0 saturated carbocycles. The summed E-state index contributed by atoms with van der Waals surface area (Å²) in [5, 5.41) is 0. The Hall–Kier alpha value is -0.490. The minimum Gasteiger partial charge on any atom is -0.286 e. The Morgan fingerprint density at radius 1 is 0.826 bits per heavy atom. The van der Waals surface area contributed by atoms with Crippen LogP contribution in [0.4, 0.5) is 26.3 Å². The van der Waals surface area contributed by atoms with Crippen molar-refractivity contribution < 1.29 is 68.6 Å². The summed E-state index contributed by atoms with van der Waals surface area (Å²) in [6.07, 6.45) is -11.8. The Labute approximate surface area is 124 Å². The van der Waals surface area contributed by atoms with Gasteiger partial charge in [0.15, 0.2) is 0 Å². The molecule has 0 aliphatic carbocycles. The fourth-order valence-electron chi connectivity index (χ4n) is 0.699. The fourth-order valence-corrected chi connectivity index (χ4v) is 4.18. The average Bonchev–Trinajstić information content (AvgIpc) is 2.03. The van der Waals surface area contributed by atoms with Crippen LogP contribution in [0.5, 0.6) is 0 Å². The maximum absolute atomic E-state index is 11.7. The van der Waals surface area contributed by atoms with Gasteiger partial charge in [-0.3, -0.25) is 4.52 Å². The summed E-state index contributed by atoms with van der Waals surface area (Å²) in [4.78, 5) is 0. The van der Waals surface area contributed by atoms with Gasteiger partial charge in [-0.2, -0.15) is 16.8 Å². The summed E-state index contributed by atoms with van der Waals surface area (Å²) in [6, 6.07) is 0. The van der Waals surface area contributed by atoms with Crippen LogP contribution in [0.3, 0.4) is 0 Å². The van der Waals surface area contributed by atoms with Crippen LogP contribution >= 0.6 is 7.82 Å². The second-order valence-electron chi connectivity index (χ2n) is 2.89. The van der Waals surface area contributed by atoms with Gasteiger partial charge in [0.25, 0.3) is 0 Å². The molecule has 23 heavy (non-hydrogen) atoms. The topological polar surface area (TPSA) is 132 Å². The third-order valence-corrected chi connectivity index (χ3v) is 5.33. The van der Waals surface area contributed by atoms with Gasteiger partial charge in [0.05, 0.1) is 6.61 Å². The zero-order valence-electron chi connectivity index (χ0n) is 10.3. The van der Waals surface area contributed by atoms with Crippen LogP contribution < -0.4 is 0 Å². The van der Waals surface area contributed by atoms with E-state index in [0.717, 1.165) is 6.92 Å². The lowest BCUT2D eigenvalue weighted by Crippen LogP contribution is -2.24. The number of halogens is 6. The zero-order valence-corrected chi connectivity index (χ0v) is 12.8. The highest BCUT2D eigenvalue weighted by molar-refractivity contribution is 7.90. The summed E-state index contributed by atoms with van der Waals surface area (Å²) < 4.78 is 140. The van der Waals surface area contributed by atoms with Crippen molar-refractivity contribution in [2.24, 2.45) is 0 Å². The molecule has 0 amide bonds. The first-order valence-electron chi connectivity index (χ1n) is 4.60. The van der Waals surface area contributed by atoms with Gasteiger partial charge in [-0.1, -0.05) is 0 Å². The second-order valence-corrected chi connectivity index (χ2v) is 7.20. The van der Waals surface area contributed by atoms with E-state index in [-0.39, 0.29) is 0 Å². The Morgan fingerprint density at radius 2 is 1.13 bits per heavy atom. The normalized spacial score (nSPS) is 14.9. The van der Waals surface area contributed by atoms with Gasteiger partial charge in [0.2, 0.25) is 0 Å². The van der Waals surface area contributed by atoms with Crippen molar-refractivity contribution in [3.8, 4) is 0 Å². The molecule has 0 aromatic heterocycles. The van der Waals surface area contributed by atoms with Crippen molar-refractivity contribution >= 4 is 28.6 Å². The SMILES string of the molecule is CCOP(=O)(OS(=O)(=O)OC(F)(F)F)OS(=O)(=O)OC(F)(F)F. The molecule has 0 atom stereocenters. The van der Waals surface area contributed by atoms with Crippen LogP contribution in [0.25, 0.3) is 0 Å². The highest BCUT2D eigenvalue weighted by atomic mass is 32.3. The molecule has 19 heteroatoms. The maximum Gasteiger partial charge on any atom is 0.538 e. The molecular formula is C4H5F6O10PS2. The molecule has 0 radical (unpaired) electrons. The van der Waals surface area contributed by atoms with Gasteiger partial charge < -0.3 is 0 Å². The number of hydrogen-bond acceptors (Lipinski definition) is 10. The molecule has 0 bridgehead atoms. The standard InChI is InChI=1S/C4H5F6O10PS2/c1-2-16-21(11,19-22(12,13)17-3(5,6)7)20-23(14,15)18-4(8,9)10/h2H2,1H3. The lowest BCUT2D eigenvalue weighted by atomic mass is 10.9. The summed E-state index contributed by atoms with van der Waals surface area (Å²) in [7, 11) is -18.6. The predicted molar refractivity (Wildman–Crippen MR) is 53.5 cm³/mol. The summed E-state index contributed by atoms with van der Waals surface area (Å²) >= 11 is 0. The molecule has 0 spiro atoms. The molecule has 0 saturated heterocycles. The lowest BCUT2D eigenvalue weighted by Gasteiger charge is -2.16. The van der Waals surface area contributed by atoms with E-state index in [0.29, 0.717) is 0 Å². The predicted octanol–water partition coefficient (Wildman–Crippen LogP) is 1.73. The Morgan fingerprint density at radius 3 is 1.35 bits per heavy atom. The minimum atomic E-state index is -6.27. The van der Waals surface area contributed by atoms with Crippen molar-refractivity contribution in [3.05, 3.63) is 0 Å². The van der Waals surface area contributed by atoms with Gasteiger partial charge in [-0.15, -0.1) is 42.6 Å². The van der Waals surface area contributed by atoms with E-state index in [1.807, 2.05) is 0 Å². The van der Waals surface area contributed by atoms with Crippen molar-refractivity contribution in [2.75, 3.05) is 6.61 Å². The van der Waals surface area contributed by atoms with Crippen LogP contribution in [0.2, 0.25) is 0 Å². The van der Waals surface area contributed by atoms with E-state index >= 15 is 0 Å². The van der Waals surface area contributed by atoms with Crippen molar-refractivity contribution in [1.82, 2.24) is 0 Å². The van der Waals surface area contributed by atoms with E-state index in [9.17, 15) is 47.7 Å². The van der Waals surface area contributed by atoms with Crippen LogP contribution in [-0.4, -0.2) is 36.2 Å². The molecule has 0 fully saturated rings. The first-order chi connectivity index (χ1) is 9.89. The summed E-state index contributed by atoms with van der Waals surface area (Å²) in [6.45, 7) is -0.0335. The molecule has 140 valence electrons. The molecule has 0 unspecified atom stereocenters. The Kier molecular flexibility index (Phi) is 7.02. The Balaban J connectivity index is 5.41. The number of hydrogen-bond donors (Lipinski definition) is 0. The smallest absolute Gasteiger partial charge is 0.286 e. The van der Waals surface area contributed by atoms with Crippen molar-refractivity contribution in [2.45, 2.75) is 19.6 Å². The van der Waals surface area contributed by atoms with E-state index in [1.54, 1.807) is 0 Å². The minimum absolute atomic E-state index is 0.883. The number of alkyl halides is 6. The average molecular weight is 422 g/mol. The van der Waals surface area contributed by atoms with Crippen LogP contribution in [0.15, 0.2) is 0 Å². The molecule has 0 aliphatic heterocycles. The van der Waals surface area contributed by atoms with E-state index < -0.39 is 48.0 Å². The van der Waals surface area contributed by atoms with E-state index in [1.165, 1.54) is 0 Å². The molecule has 0 aromatic rings. The summed E-state index contributed by atoms with van der Waals surface area (Å²) in [5.41, 5.74) is 0. The first kappa shape index (κ1) is 22.5. The molecule has 0 aliphatic rings. The van der Waals surface area contributed by atoms with Gasteiger partial charge in [0, 0.05) is 0 Å². The fraction of sp³-hybridized carbons (Fsp3) is 1.00. The largest absolute Gasteiger partial charge is 0.538 e. The monoisotopic (exact) mass is 422 g/mol. The van der Waals surface area contributed by atoms with E-state index in [2.05, 4.69) is 20.8 Å². The number of rotatable bonds is 8. The number of phosphoric acid groups is 1. The Bertz CT molecular complexity index is 596. The second kappa shape index (κ2) is 7.18. The zero-order chi connectivity index (χ0) is 18.7. The van der Waals surface area contributed by atoms with Gasteiger partial charge in [-0.25, -0.2) is 4.57 Å². The molecule has 0 aromatic carbocycles. The van der Waals surface area contributed by atoms with Crippen molar-refractivity contribution in [3.63, 3.8) is 0 Å². The third-order valence-electron chi connectivity index (χ3n) is 1.05. The van der Waals surface area contributed by atoms with Crippen LogP contribution in [0, 0.1) is 0 Å². The maximum atomic E-state index is 11.7. The molecule has 0 N–H and O–H groups in total. The lowest BCUT2D eigenvalue weighted by molar-refractivity contribution is -0.275.